The minimum atomic E-state index is -3.37. The van der Waals surface area contributed by atoms with Gasteiger partial charge in [0, 0.05) is 30.4 Å². The summed E-state index contributed by atoms with van der Waals surface area (Å²) in [5.74, 6) is -0.0990. The maximum absolute atomic E-state index is 12.4. The van der Waals surface area contributed by atoms with Crippen LogP contribution in [0.15, 0.2) is 41.6 Å². The third-order valence-electron chi connectivity index (χ3n) is 5.47. The lowest BCUT2D eigenvalue weighted by molar-refractivity contribution is -0.115. The van der Waals surface area contributed by atoms with Crippen LogP contribution in [-0.4, -0.2) is 39.9 Å². The SMILES string of the molecule is CCS(=O)(=O)c1cnc(CC(=O)Nc2nc3c(s2)CN(Cc2ccc(C#N)cc2)[C@H]3C)nc1. The van der Waals surface area contributed by atoms with Gasteiger partial charge in [-0.3, -0.25) is 9.69 Å². The first-order valence-electron chi connectivity index (χ1n) is 10.3. The molecule has 0 fully saturated rings. The number of hydrogen-bond acceptors (Lipinski definition) is 9. The molecule has 33 heavy (non-hydrogen) atoms. The molecule has 1 aliphatic heterocycles. The molecule has 0 radical (unpaired) electrons. The molecule has 0 aliphatic carbocycles. The van der Waals surface area contributed by atoms with E-state index in [9.17, 15) is 13.2 Å². The first-order chi connectivity index (χ1) is 15.8. The summed E-state index contributed by atoms with van der Waals surface area (Å²) in [5, 5.41) is 12.3. The quantitative estimate of drug-likeness (QED) is 0.544. The second-order valence-electron chi connectivity index (χ2n) is 7.68. The molecule has 1 amide bonds. The molecular weight excluding hydrogens is 460 g/mol. The minimum Gasteiger partial charge on any atom is -0.302 e. The highest BCUT2D eigenvalue weighted by atomic mass is 32.2. The van der Waals surface area contributed by atoms with E-state index in [0.717, 1.165) is 29.2 Å². The van der Waals surface area contributed by atoms with Crippen molar-refractivity contribution in [2.75, 3.05) is 11.1 Å². The predicted octanol–water partition coefficient (Wildman–Crippen LogP) is 2.86. The van der Waals surface area contributed by atoms with Crippen molar-refractivity contribution in [2.24, 2.45) is 0 Å². The first-order valence-corrected chi connectivity index (χ1v) is 12.8. The smallest absolute Gasteiger partial charge is 0.233 e. The number of fused-ring (bicyclic) bond motifs is 1. The van der Waals surface area contributed by atoms with Crippen molar-refractivity contribution in [3.63, 3.8) is 0 Å². The number of carbonyl (C=O) groups excluding carboxylic acids is 1. The van der Waals surface area contributed by atoms with Gasteiger partial charge in [0.25, 0.3) is 0 Å². The molecular formula is C22H22N6O3S2. The molecule has 3 aromatic rings. The third kappa shape index (κ3) is 5.08. The molecule has 4 rings (SSSR count). The molecule has 11 heteroatoms. The molecule has 1 atom stereocenters. The van der Waals surface area contributed by atoms with Gasteiger partial charge in [-0.1, -0.05) is 19.1 Å². The van der Waals surface area contributed by atoms with E-state index in [2.05, 4.69) is 38.2 Å². The van der Waals surface area contributed by atoms with Crippen molar-refractivity contribution < 1.29 is 13.2 Å². The Morgan fingerprint density at radius 3 is 2.58 bits per heavy atom. The Kier molecular flexibility index (Phi) is 6.51. The van der Waals surface area contributed by atoms with E-state index in [4.69, 9.17) is 5.26 Å². The number of amides is 1. The molecule has 1 N–H and O–H groups in total. The van der Waals surface area contributed by atoms with Crippen LogP contribution in [0.25, 0.3) is 0 Å². The molecule has 3 heterocycles. The maximum Gasteiger partial charge on any atom is 0.233 e. The van der Waals surface area contributed by atoms with E-state index in [0.29, 0.717) is 10.7 Å². The maximum atomic E-state index is 12.4. The fourth-order valence-electron chi connectivity index (χ4n) is 3.53. The molecule has 0 saturated carbocycles. The Morgan fingerprint density at radius 1 is 1.27 bits per heavy atom. The Labute approximate surface area is 196 Å². The van der Waals surface area contributed by atoms with E-state index >= 15 is 0 Å². The highest BCUT2D eigenvalue weighted by Crippen LogP contribution is 2.39. The number of nitrogens with zero attached hydrogens (tertiary/aromatic N) is 5. The molecule has 0 unspecified atom stereocenters. The van der Waals surface area contributed by atoms with Gasteiger partial charge in [0.15, 0.2) is 15.0 Å². The summed E-state index contributed by atoms with van der Waals surface area (Å²) in [6, 6.07) is 9.79. The van der Waals surface area contributed by atoms with Crippen molar-refractivity contribution in [3.8, 4) is 6.07 Å². The van der Waals surface area contributed by atoms with Gasteiger partial charge in [-0.25, -0.2) is 23.4 Å². The lowest BCUT2D eigenvalue weighted by atomic mass is 10.1. The Balaban J connectivity index is 1.35. The Morgan fingerprint density at radius 2 is 1.97 bits per heavy atom. The van der Waals surface area contributed by atoms with Crippen LogP contribution in [0.2, 0.25) is 0 Å². The summed E-state index contributed by atoms with van der Waals surface area (Å²) in [4.78, 5) is 28.5. The standard InChI is InChI=1S/C22H22N6O3S2/c1-3-33(30,31)17-10-24-19(25-11-17)8-20(29)26-22-27-21-14(2)28(13-18(21)32-22)12-16-6-4-15(9-23)5-7-16/h4-7,10-11,14H,3,8,12-13H2,1-2H3,(H,26,27,29)/t14-/m0/s1. The first kappa shape index (κ1) is 23.0. The van der Waals surface area contributed by atoms with E-state index in [-0.39, 0.29) is 34.8 Å². The average molecular weight is 483 g/mol. The fourth-order valence-corrected chi connectivity index (χ4v) is 5.38. The molecule has 0 bridgehead atoms. The lowest BCUT2D eigenvalue weighted by Gasteiger charge is -2.21. The largest absolute Gasteiger partial charge is 0.302 e. The molecule has 0 saturated heterocycles. The number of carbonyl (C=O) groups is 1. The normalized spacial score (nSPS) is 15.7. The number of hydrogen-bond donors (Lipinski definition) is 1. The monoisotopic (exact) mass is 482 g/mol. The van der Waals surface area contributed by atoms with Crippen LogP contribution in [0, 0.1) is 11.3 Å². The van der Waals surface area contributed by atoms with Crippen LogP contribution >= 0.6 is 11.3 Å². The fraction of sp³-hybridized carbons (Fsp3) is 0.318. The van der Waals surface area contributed by atoms with Crippen LogP contribution < -0.4 is 5.32 Å². The van der Waals surface area contributed by atoms with Gasteiger partial charge in [0.1, 0.15) is 10.7 Å². The van der Waals surface area contributed by atoms with Crippen LogP contribution in [0.3, 0.4) is 0 Å². The van der Waals surface area contributed by atoms with Crippen molar-refractivity contribution in [2.45, 2.75) is 44.3 Å². The summed E-state index contributed by atoms with van der Waals surface area (Å²) >= 11 is 1.45. The zero-order chi connectivity index (χ0) is 23.6. The average Bonchev–Trinajstić information content (AvgIpc) is 3.32. The lowest BCUT2D eigenvalue weighted by Crippen LogP contribution is -2.20. The predicted molar refractivity (Wildman–Crippen MR) is 123 cm³/mol. The molecule has 0 spiro atoms. The highest BCUT2D eigenvalue weighted by molar-refractivity contribution is 7.91. The summed E-state index contributed by atoms with van der Waals surface area (Å²) in [5.41, 5.74) is 2.72. The second-order valence-corrected chi connectivity index (χ2v) is 11.0. The van der Waals surface area contributed by atoms with Gasteiger partial charge in [-0.2, -0.15) is 5.26 Å². The zero-order valence-electron chi connectivity index (χ0n) is 18.1. The van der Waals surface area contributed by atoms with Gasteiger partial charge < -0.3 is 5.32 Å². The number of benzene rings is 1. The van der Waals surface area contributed by atoms with Crippen LogP contribution in [0.5, 0.6) is 0 Å². The minimum absolute atomic E-state index is 0.0335. The van der Waals surface area contributed by atoms with Gasteiger partial charge >= 0.3 is 0 Å². The van der Waals surface area contributed by atoms with Crippen LogP contribution in [-0.2, 0) is 34.1 Å². The molecule has 9 nitrogen and oxygen atoms in total. The molecule has 170 valence electrons. The Hall–Kier alpha value is -3.20. The van der Waals surface area contributed by atoms with Crippen molar-refractivity contribution >= 4 is 32.2 Å². The van der Waals surface area contributed by atoms with Gasteiger partial charge in [0.2, 0.25) is 5.91 Å². The van der Waals surface area contributed by atoms with Crippen molar-refractivity contribution in [1.82, 2.24) is 19.9 Å². The molecule has 1 aliphatic rings. The number of rotatable bonds is 7. The van der Waals surface area contributed by atoms with E-state index in [1.165, 1.54) is 23.7 Å². The van der Waals surface area contributed by atoms with Gasteiger partial charge in [0.05, 0.1) is 35.5 Å². The summed E-state index contributed by atoms with van der Waals surface area (Å²) in [6.07, 6.45) is 2.39. The molecule has 2 aromatic heterocycles. The summed E-state index contributed by atoms with van der Waals surface area (Å²) in [7, 11) is -3.37. The second kappa shape index (κ2) is 9.35. The van der Waals surface area contributed by atoms with E-state index in [1.807, 2.05) is 24.3 Å². The van der Waals surface area contributed by atoms with E-state index in [1.54, 1.807) is 6.92 Å². The number of nitrogens with one attached hydrogen (secondary N) is 1. The summed E-state index contributed by atoms with van der Waals surface area (Å²) < 4.78 is 23.7. The number of anilines is 1. The molecule has 1 aromatic carbocycles. The number of aromatic nitrogens is 3. The number of sulfone groups is 1. The Bertz CT molecular complexity index is 1310. The number of nitriles is 1. The van der Waals surface area contributed by atoms with Gasteiger partial charge in [-0.05, 0) is 24.6 Å². The van der Waals surface area contributed by atoms with Gasteiger partial charge in [-0.15, -0.1) is 11.3 Å². The van der Waals surface area contributed by atoms with Crippen LogP contribution in [0.1, 0.15) is 47.4 Å². The number of thiazole rings is 1. The highest BCUT2D eigenvalue weighted by Gasteiger charge is 2.31. The third-order valence-corrected chi connectivity index (χ3v) is 8.13. The topological polar surface area (TPSA) is 129 Å². The van der Waals surface area contributed by atoms with Crippen LogP contribution in [0.4, 0.5) is 5.13 Å². The summed E-state index contributed by atoms with van der Waals surface area (Å²) in [6.45, 7) is 5.12. The van der Waals surface area contributed by atoms with Crippen molar-refractivity contribution in [3.05, 3.63) is 64.2 Å². The zero-order valence-corrected chi connectivity index (χ0v) is 19.8. The van der Waals surface area contributed by atoms with Crippen molar-refractivity contribution in [1.29, 1.82) is 5.26 Å². The van der Waals surface area contributed by atoms with E-state index < -0.39 is 9.84 Å².